The number of nitro benzene ring substituents is 1. The highest BCUT2D eigenvalue weighted by Crippen LogP contribution is 2.37. The number of anilines is 1. The average molecular weight is 313 g/mol. The van der Waals surface area contributed by atoms with E-state index in [1.807, 2.05) is 6.92 Å². The molecule has 21 heavy (non-hydrogen) atoms. The third kappa shape index (κ3) is 3.44. The number of thioether (sulfide) groups is 1. The Balaban J connectivity index is 2.18. The maximum Gasteiger partial charge on any atom is 0.285 e. The van der Waals surface area contributed by atoms with Crippen molar-refractivity contribution in [2.24, 2.45) is 0 Å². The minimum absolute atomic E-state index is 0.0595. The molecule has 0 saturated carbocycles. The van der Waals surface area contributed by atoms with Crippen LogP contribution in [0.5, 0.6) is 0 Å². The summed E-state index contributed by atoms with van der Waals surface area (Å²) < 4.78 is 13.3. The van der Waals surface area contributed by atoms with Crippen LogP contribution in [0.4, 0.5) is 15.8 Å². The molecule has 1 heterocycles. The molecule has 0 bridgehead atoms. The monoisotopic (exact) mass is 313 g/mol. The van der Waals surface area contributed by atoms with Crippen molar-refractivity contribution in [2.45, 2.75) is 24.5 Å². The molecule has 8 heteroatoms. The van der Waals surface area contributed by atoms with Gasteiger partial charge in [0.05, 0.1) is 16.7 Å². The molecular weight excluding hydrogens is 297 g/mol. The van der Waals surface area contributed by atoms with Gasteiger partial charge in [-0.05, 0) is 31.6 Å². The van der Waals surface area contributed by atoms with E-state index in [0.717, 1.165) is 24.7 Å². The molecule has 1 fully saturated rings. The number of halogens is 1. The first-order valence-corrected chi connectivity index (χ1v) is 7.46. The van der Waals surface area contributed by atoms with Gasteiger partial charge >= 0.3 is 0 Å². The van der Waals surface area contributed by atoms with Crippen LogP contribution in [0.3, 0.4) is 0 Å². The zero-order chi connectivity index (χ0) is 15.6. The van der Waals surface area contributed by atoms with Crippen LogP contribution in [0.2, 0.25) is 0 Å². The van der Waals surface area contributed by atoms with Gasteiger partial charge in [-0.3, -0.25) is 14.9 Å². The number of nitrogens with one attached hydrogen (secondary N) is 1. The van der Waals surface area contributed by atoms with Gasteiger partial charge in [0.1, 0.15) is 5.56 Å². The van der Waals surface area contributed by atoms with Crippen molar-refractivity contribution in [1.82, 2.24) is 5.32 Å². The number of nitro groups is 1. The average Bonchev–Trinajstić information content (AvgIpc) is 2.86. The molecule has 0 spiro atoms. The molecule has 1 amide bonds. The molecule has 1 unspecified atom stereocenters. The smallest absolute Gasteiger partial charge is 0.285 e. The van der Waals surface area contributed by atoms with Gasteiger partial charge in [0.15, 0.2) is 5.82 Å². The van der Waals surface area contributed by atoms with Gasteiger partial charge in [0, 0.05) is 11.3 Å². The first kappa shape index (κ1) is 15.6. The largest absolute Gasteiger partial charge is 0.396 e. The van der Waals surface area contributed by atoms with E-state index in [1.54, 1.807) is 11.8 Å². The molecular formula is C13H16FN3O3S. The van der Waals surface area contributed by atoms with E-state index in [4.69, 9.17) is 5.73 Å². The predicted octanol–water partition coefficient (Wildman–Crippen LogP) is 2.33. The quantitative estimate of drug-likeness (QED) is 0.505. The van der Waals surface area contributed by atoms with Crippen molar-refractivity contribution in [1.29, 1.82) is 0 Å². The molecule has 1 atom stereocenters. The topological polar surface area (TPSA) is 98.3 Å². The zero-order valence-corrected chi connectivity index (χ0v) is 12.3. The van der Waals surface area contributed by atoms with Gasteiger partial charge in [-0.25, -0.2) is 4.39 Å². The van der Waals surface area contributed by atoms with Crippen LogP contribution in [-0.2, 0) is 0 Å². The van der Waals surface area contributed by atoms with E-state index < -0.39 is 22.3 Å². The lowest BCUT2D eigenvalue weighted by Crippen LogP contribution is -2.37. The fourth-order valence-corrected chi connectivity index (χ4v) is 3.50. The highest BCUT2D eigenvalue weighted by Gasteiger charge is 2.31. The van der Waals surface area contributed by atoms with E-state index >= 15 is 0 Å². The summed E-state index contributed by atoms with van der Waals surface area (Å²) in [5.74, 6) is -0.477. The molecule has 1 aliphatic heterocycles. The van der Waals surface area contributed by atoms with Crippen LogP contribution in [0, 0.1) is 15.9 Å². The van der Waals surface area contributed by atoms with Crippen molar-refractivity contribution in [3.8, 4) is 0 Å². The highest BCUT2D eigenvalue weighted by atomic mass is 32.2. The second-order valence-corrected chi connectivity index (χ2v) is 6.92. The normalized spacial score (nSPS) is 21.2. The number of carbonyl (C=O) groups is 1. The van der Waals surface area contributed by atoms with Crippen LogP contribution >= 0.6 is 11.8 Å². The number of hydrogen-bond acceptors (Lipinski definition) is 5. The Bertz CT molecular complexity index is 588. The Kier molecular flexibility index (Phi) is 4.36. The Morgan fingerprint density at radius 3 is 2.90 bits per heavy atom. The fourth-order valence-electron chi connectivity index (χ4n) is 2.25. The predicted molar refractivity (Wildman–Crippen MR) is 79.9 cm³/mol. The summed E-state index contributed by atoms with van der Waals surface area (Å²) in [5, 5.41) is 13.6. The maximum atomic E-state index is 13.3. The zero-order valence-electron chi connectivity index (χ0n) is 11.5. The van der Waals surface area contributed by atoms with Crippen LogP contribution in [0.25, 0.3) is 0 Å². The Morgan fingerprint density at radius 1 is 1.62 bits per heavy atom. The Morgan fingerprint density at radius 2 is 2.33 bits per heavy atom. The summed E-state index contributed by atoms with van der Waals surface area (Å²) >= 11 is 1.76. The van der Waals surface area contributed by atoms with E-state index in [9.17, 15) is 19.3 Å². The van der Waals surface area contributed by atoms with Crippen LogP contribution in [0.15, 0.2) is 12.1 Å². The van der Waals surface area contributed by atoms with Crippen molar-refractivity contribution >= 4 is 29.0 Å². The van der Waals surface area contributed by atoms with Crippen molar-refractivity contribution in [3.05, 3.63) is 33.6 Å². The molecule has 2 rings (SSSR count). The summed E-state index contributed by atoms with van der Waals surface area (Å²) in [5.41, 5.74) is 4.31. The van der Waals surface area contributed by atoms with Crippen LogP contribution < -0.4 is 11.1 Å². The molecule has 1 aromatic rings. The van der Waals surface area contributed by atoms with Crippen LogP contribution in [0.1, 0.15) is 30.1 Å². The lowest BCUT2D eigenvalue weighted by atomic mass is 10.1. The number of benzene rings is 1. The minimum atomic E-state index is -0.906. The van der Waals surface area contributed by atoms with Crippen molar-refractivity contribution in [3.63, 3.8) is 0 Å². The van der Waals surface area contributed by atoms with E-state index in [0.29, 0.717) is 12.6 Å². The van der Waals surface area contributed by atoms with E-state index in [1.165, 1.54) is 0 Å². The van der Waals surface area contributed by atoms with Gasteiger partial charge < -0.3 is 11.1 Å². The van der Waals surface area contributed by atoms with E-state index in [-0.39, 0.29) is 16.0 Å². The second-order valence-electron chi connectivity index (χ2n) is 5.23. The molecule has 0 aromatic heterocycles. The lowest BCUT2D eigenvalue weighted by molar-refractivity contribution is -0.385. The Hall–Kier alpha value is -1.83. The number of hydrogen-bond donors (Lipinski definition) is 2. The number of rotatable bonds is 4. The summed E-state index contributed by atoms with van der Waals surface area (Å²) in [6.45, 7) is 2.45. The Labute approximate surface area is 125 Å². The number of nitrogens with two attached hydrogens (primary N) is 1. The first-order valence-electron chi connectivity index (χ1n) is 6.48. The summed E-state index contributed by atoms with van der Waals surface area (Å²) in [6.07, 6.45) is 2.06. The van der Waals surface area contributed by atoms with Gasteiger partial charge in [-0.1, -0.05) is 0 Å². The number of nitrogen functional groups attached to an aromatic ring is 1. The molecule has 1 aromatic carbocycles. The number of nitrogens with zero attached hydrogens (tertiary/aromatic N) is 1. The summed E-state index contributed by atoms with van der Waals surface area (Å²) in [6, 6.07) is 1.68. The highest BCUT2D eigenvalue weighted by molar-refractivity contribution is 8.00. The number of carbonyl (C=O) groups excluding carboxylic acids is 1. The van der Waals surface area contributed by atoms with Gasteiger partial charge in [0.25, 0.3) is 11.6 Å². The third-order valence-electron chi connectivity index (χ3n) is 3.48. The molecule has 6 nitrogen and oxygen atoms in total. The molecule has 0 radical (unpaired) electrons. The fraction of sp³-hybridized carbons (Fsp3) is 0.462. The molecule has 114 valence electrons. The van der Waals surface area contributed by atoms with Gasteiger partial charge in [0.2, 0.25) is 0 Å². The lowest BCUT2D eigenvalue weighted by Gasteiger charge is -2.22. The first-order chi connectivity index (χ1) is 9.82. The minimum Gasteiger partial charge on any atom is -0.396 e. The molecule has 3 N–H and O–H groups in total. The second kappa shape index (κ2) is 5.88. The van der Waals surface area contributed by atoms with Gasteiger partial charge in [-0.15, -0.1) is 0 Å². The summed E-state index contributed by atoms with van der Waals surface area (Å²) in [7, 11) is 0. The molecule has 0 aliphatic carbocycles. The molecule has 1 saturated heterocycles. The standard InChI is InChI=1S/C13H16FN3O3S/c1-13(3-2-4-21-13)7-16-12(18)8-5-10(15)9(14)6-11(8)17(19)20/h5-6H,2-4,7,15H2,1H3,(H,16,18). The van der Waals surface area contributed by atoms with E-state index in [2.05, 4.69) is 5.32 Å². The third-order valence-corrected chi connectivity index (χ3v) is 5.02. The van der Waals surface area contributed by atoms with Crippen molar-refractivity contribution < 1.29 is 14.1 Å². The van der Waals surface area contributed by atoms with Crippen molar-refractivity contribution in [2.75, 3.05) is 18.0 Å². The SMILES string of the molecule is CC1(CNC(=O)c2cc(N)c(F)cc2[N+](=O)[O-])CCCS1. The summed E-state index contributed by atoms with van der Waals surface area (Å²) in [4.78, 5) is 22.3. The maximum absolute atomic E-state index is 13.3. The molecule has 1 aliphatic rings. The number of amides is 1. The van der Waals surface area contributed by atoms with Crippen LogP contribution in [-0.4, -0.2) is 27.9 Å². The van der Waals surface area contributed by atoms with Gasteiger partial charge in [-0.2, -0.15) is 11.8 Å².